The van der Waals surface area contributed by atoms with Gasteiger partial charge in [0.05, 0.1) is 48.0 Å². The molecule has 0 radical (unpaired) electrons. The number of carbonyl (C=O) groups excluding carboxylic acids is 1. The van der Waals surface area contributed by atoms with Crippen molar-refractivity contribution in [1.82, 2.24) is 19.9 Å². The Morgan fingerprint density at radius 2 is 1.97 bits per heavy atom. The molecule has 0 bridgehead atoms. The van der Waals surface area contributed by atoms with Gasteiger partial charge in [0.25, 0.3) is 5.56 Å². The van der Waals surface area contributed by atoms with Crippen LogP contribution in [0.3, 0.4) is 0 Å². The number of alkyl halides is 2. The summed E-state index contributed by atoms with van der Waals surface area (Å²) in [5, 5.41) is 5.98. The number of hydrogen-bond donors (Lipinski definition) is 2. The quantitative estimate of drug-likeness (QED) is 0.406. The van der Waals surface area contributed by atoms with E-state index in [9.17, 15) is 18.4 Å². The maximum absolute atomic E-state index is 13.3. The summed E-state index contributed by atoms with van der Waals surface area (Å²) in [6, 6.07) is 1.91. The first-order valence-electron chi connectivity index (χ1n) is 10.8. The molecule has 3 heterocycles. The number of amides is 1. The van der Waals surface area contributed by atoms with Crippen molar-refractivity contribution in [3.8, 4) is 22.6 Å². The smallest absolute Gasteiger partial charge is 0.387 e. The Bertz CT molecular complexity index is 1440. The van der Waals surface area contributed by atoms with Crippen molar-refractivity contribution < 1.29 is 27.8 Å². The van der Waals surface area contributed by atoms with E-state index in [1.165, 1.54) is 37.1 Å². The normalized spacial score (nSPS) is 17.2. The third kappa shape index (κ3) is 5.31. The van der Waals surface area contributed by atoms with Crippen molar-refractivity contribution >= 4 is 46.1 Å². The second kappa shape index (κ2) is 10.9. The first kappa shape index (κ1) is 26.6. The van der Waals surface area contributed by atoms with E-state index in [1.54, 1.807) is 0 Å². The van der Waals surface area contributed by atoms with Crippen molar-refractivity contribution in [2.75, 3.05) is 25.6 Å². The number of anilines is 1. The van der Waals surface area contributed by atoms with Gasteiger partial charge < -0.3 is 24.8 Å². The lowest BCUT2D eigenvalue weighted by molar-refractivity contribution is -0.117. The van der Waals surface area contributed by atoms with Crippen LogP contribution in [0.25, 0.3) is 22.2 Å². The average Bonchev–Trinajstić information content (AvgIpc) is 3.30. The average molecular weight is 556 g/mol. The molecule has 1 saturated heterocycles. The highest BCUT2D eigenvalue weighted by molar-refractivity contribution is 6.41. The zero-order chi connectivity index (χ0) is 26.9. The monoisotopic (exact) mass is 555 g/mol. The third-order valence-electron chi connectivity index (χ3n) is 5.70. The van der Waals surface area contributed by atoms with E-state index in [1.807, 2.05) is 0 Å². The summed E-state index contributed by atoms with van der Waals surface area (Å²) in [5.41, 5.74) is -0.316. The SMILES string of the molecule is C=CC(=O)N[C@H]1COC[C@H]1Nc1ncc2cc(-c3c(Cl)c(OC)cc(OC(F)F)c3Cl)c(=O)n(C)c2n1. The molecule has 0 spiro atoms. The lowest BCUT2D eigenvalue weighted by Gasteiger charge is -2.20. The van der Waals surface area contributed by atoms with E-state index in [-0.39, 0.29) is 56.5 Å². The molecule has 37 heavy (non-hydrogen) atoms. The number of aromatic nitrogens is 3. The van der Waals surface area contributed by atoms with Crippen LogP contribution in [0.4, 0.5) is 14.7 Å². The number of pyridine rings is 1. The number of carbonyl (C=O) groups is 1. The number of ether oxygens (including phenoxy) is 3. The topological polar surface area (TPSA) is 117 Å². The first-order valence-corrected chi connectivity index (χ1v) is 11.5. The molecule has 3 aromatic rings. The Balaban J connectivity index is 1.75. The fourth-order valence-electron chi connectivity index (χ4n) is 3.90. The van der Waals surface area contributed by atoms with Crippen molar-refractivity contribution in [3.05, 3.63) is 51.4 Å². The van der Waals surface area contributed by atoms with Crippen molar-refractivity contribution in [1.29, 1.82) is 0 Å². The summed E-state index contributed by atoms with van der Waals surface area (Å²) < 4.78 is 42.2. The highest BCUT2D eigenvalue weighted by Gasteiger charge is 2.30. The standard InChI is InChI=1S/C23H21Cl2F2N5O5/c1-4-16(33)29-12-8-36-9-13(12)30-23-28-7-10-5-11(21(34)32(2)20(10)31-23)17-18(24)14(35-3)6-15(19(17)25)37-22(26)27/h4-7,12-13,22H,1,8-9H2,2-3H3,(H,29,33)(H,28,30,31)/t12-,13+/m0/s1. The molecule has 196 valence electrons. The second-order valence-electron chi connectivity index (χ2n) is 7.96. The molecule has 10 nitrogen and oxygen atoms in total. The third-order valence-corrected chi connectivity index (χ3v) is 6.45. The lowest BCUT2D eigenvalue weighted by Crippen LogP contribution is -2.45. The van der Waals surface area contributed by atoms with Crippen molar-refractivity contribution in [2.45, 2.75) is 18.7 Å². The van der Waals surface area contributed by atoms with Crippen LogP contribution in [-0.2, 0) is 16.6 Å². The fraction of sp³-hybridized carbons (Fsp3) is 0.304. The Morgan fingerprint density at radius 1 is 1.27 bits per heavy atom. The summed E-state index contributed by atoms with van der Waals surface area (Å²) in [4.78, 5) is 33.8. The van der Waals surface area contributed by atoms with Crippen LogP contribution >= 0.6 is 23.2 Å². The van der Waals surface area contributed by atoms with Gasteiger partial charge in [-0.15, -0.1) is 0 Å². The Morgan fingerprint density at radius 3 is 2.65 bits per heavy atom. The molecule has 1 aromatic carbocycles. The maximum atomic E-state index is 13.3. The van der Waals surface area contributed by atoms with Gasteiger partial charge in [-0.25, -0.2) is 4.98 Å². The second-order valence-corrected chi connectivity index (χ2v) is 8.72. The molecule has 4 rings (SSSR count). The summed E-state index contributed by atoms with van der Waals surface area (Å²) in [6.45, 7) is 0.875. The molecular weight excluding hydrogens is 535 g/mol. The first-order chi connectivity index (χ1) is 17.6. The van der Waals surface area contributed by atoms with E-state index < -0.39 is 17.9 Å². The van der Waals surface area contributed by atoms with Gasteiger partial charge in [0, 0.05) is 30.3 Å². The molecule has 2 aromatic heterocycles. The van der Waals surface area contributed by atoms with Gasteiger partial charge in [-0.1, -0.05) is 29.8 Å². The minimum atomic E-state index is -3.16. The number of benzene rings is 1. The van der Waals surface area contributed by atoms with Gasteiger partial charge in [-0.3, -0.25) is 14.2 Å². The van der Waals surface area contributed by atoms with E-state index in [0.29, 0.717) is 18.6 Å². The zero-order valence-corrected chi connectivity index (χ0v) is 21.1. The molecule has 2 atom stereocenters. The summed E-state index contributed by atoms with van der Waals surface area (Å²) in [7, 11) is 2.77. The van der Waals surface area contributed by atoms with Gasteiger partial charge in [-0.05, 0) is 12.1 Å². The number of aryl methyl sites for hydroxylation is 1. The minimum Gasteiger partial charge on any atom is -0.495 e. The molecule has 1 aliphatic rings. The summed E-state index contributed by atoms with van der Waals surface area (Å²) in [6.07, 6.45) is 2.64. The molecule has 1 aliphatic heterocycles. The highest BCUT2D eigenvalue weighted by Crippen LogP contribution is 2.45. The van der Waals surface area contributed by atoms with Crippen LogP contribution in [0.15, 0.2) is 35.8 Å². The molecule has 0 saturated carbocycles. The predicted molar refractivity (Wildman–Crippen MR) is 134 cm³/mol. The van der Waals surface area contributed by atoms with Crippen LogP contribution in [0.5, 0.6) is 11.5 Å². The molecule has 1 amide bonds. The number of methoxy groups -OCH3 is 1. The van der Waals surface area contributed by atoms with Crippen molar-refractivity contribution in [3.63, 3.8) is 0 Å². The number of fused-ring (bicyclic) bond motifs is 1. The van der Waals surface area contributed by atoms with Gasteiger partial charge in [0.1, 0.15) is 17.1 Å². The Labute approximate surface area is 219 Å². The molecule has 1 fully saturated rings. The molecule has 14 heteroatoms. The highest BCUT2D eigenvalue weighted by atomic mass is 35.5. The van der Waals surface area contributed by atoms with Crippen LogP contribution in [-0.4, -0.2) is 59.5 Å². The molecule has 0 aliphatic carbocycles. The molecule has 2 N–H and O–H groups in total. The zero-order valence-electron chi connectivity index (χ0n) is 19.6. The number of hydrogen-bond acceptors (Lipinski definition) is 8. The van der Waals surface area contributed by atoms with E-state index >= 15 is 0 Å². The van der Waals surface area contributed by atoms with Crippen LogP contribution < -0.4 is 25.7 Å². The van der Waals surface area contributed by atoms with Gasteiger partial charge in [-0.2, -0.15) is 13.8 Å². The maximum Gasteiger partial charge on any atom is 0.387 e. The van der Waals surface area contributed by atoms with Crippen LogP contribution in [0.2, 0.25) is 10.0 Å². The number of nitrogens with one attached hydrogen (secondary N) is 2. The molecular formula is C23H21Cl2F2N5O5. The Hall–Kier alpha value is -3.48. The summed E-state index contributed by atoms with van der Waals surface area (Å²) >= 11 is 12.8. The van der Waals surface area contributed by atoms with Gasteiger partial charge in [0.15, 0.2) is 0 Å². The van der Waals surface area contributed by atoms with Crippen molar-refractivity contribution in [2.24, 2.45) is 7.05 Å². The largest absolute Gasteiger partial charge is 0.495 e. The van der Waals surface area contributed by atoms with Crippen LogP contribution in [0, 0.1) is 0 Å². The number of halogens is 4. The Kier molecular flexibility index (Phi) is 7.81. The lowest BCUT2D eigenvalue weighted by atomic mass is 10.0. The van der Waals surface area contributed by atoms with E-state index in [2.05, 4.69) is 31.9 Å². The number of nitrogens with zero attached hydrogens (tertiary/aromatic N) is 3. The fourth-order valence-corrected chi connectivity index (χ4v) is 4.57. The number of rotatable bonds is 8. The predicted octanol–water partition coefficient (Wildman–Crippen LogP) is 3.39. The van der Waals surface area contributed by atoms with Gasteiger partial charge >= 0.3 is 6.61 Å². The van der Waals surface area contributed by atoms with Gasteiger partial charge in [0.2, 0.25) is 11.9 Å². The van der Waals surface area contributed by atoms with E-state index in [4.69, 9.17) is 32.7 Å². The minimum absolute atomic E-state index is 0.00344. The molecule has 0 unspecified atom stereocenters. The summed E-state index contributed by atoms with van der Waals surface area (Å²) in [5.74, 6) is -0.545. The van der Waals surface area contributed by atoms with E-state index in [0.717, 1.165) is 6.07 Å². The van der Waals surface area contributed by atoms with Crippen LogP contribution in [0.1, 0.15) is 0 Å².